The molecule has 0 radical (unpaired) electrons. The first-order chi connectivity index (χ1) is 9.07. The van der Waals surface area contributed by atoms with E-state index in [2.05, 4.69) is 10.2 Å². The van der Waals surface area contributed by atoms with E-state index in [1.807, 2.05) is 13.8 Å². The van der Waals surface area contributed by atoms with Gasteiger partial charge in [0.2, 0.25) is 5.91 Å². The van der Waals surface area contributed by atoms with Crippen LogP contribution in [0.4, 0.5) is 0 Å². The summed E-state index contributed by atoms with van der Waals surface area (Å²) in [5.41, 5.74) is 4.94. The Morgan fingerprint density at radius 1 is 1.53 bits per heavy atom. The van der Waals surface area contributed by atoms with Crippen LogP contribution in [0.1, 0.15) is 39.5 Å². The lowest BCUT2D eigenvalue weighted by Crippen LogP contribution is -2.56. The number of hydrogen-bond donors (Lipinski definition) is 2. The number of carbonyl (C=O) groups excluding carboxylic acids is 1. The smallest absolute Gasteiger partial charge is 0.237 e. The summed E-state index contributed by atoms with van der Waals surface area (Å²) in [6.45, 7) is 7.37. The standard InChI is InChI=1S/C14H27N3O2/c1-3-16-14(2,13(15)18)7-8-17-9-10-19-12-6-4-5-11(12)17/h11-12,16H,3-10H2,1-2H3,(H2,15,18). The molecule has 0 aromatic heterocycles. The molecule has 19 heavy (non-hydrogen) atoms. The average Bonchev–Trinajstić information content (AvgIpc) is 2.85. The minimum absolute atomic E-state index is 0.259. The first kappa shape index (κ1) is 14.8. The Morgan fingerprint density at radius 3 is 3.00 bits per heavy atom. The van der Waals surface area contributed by atoms with Crippen LogP contribution < -0.4 is 11.1 Å². The number of nitrogens with two attached hydrogens (primary N) is 1. The highest BCUT2D eigenvalue weighted by molar-refractivity contribution is 5.84. The normalized spacial score (nSPS) is 30.8. The summed E-state index contributed by atoms with van der Waals surface area (Å²) in [7, 11) is 0. The molecule has 1 saturated heterocycles. The summed E-state index contributed by atoms with van der Waals surface area (Å²) in [5, 5.41) is 3.23. The summed E-state index contributed by atoms with van der Waals surface area (Å²) in [5.74, 6) is -0.259. The molecule has 0 aromatic carbocycles. The van der Waals surface area contributed by atoms with Crippen LogP contribution >= 0.6 is 0 Å². The number of amides is 1. The van der Waals surface area contributed by atoms with Crippen molar-refractivity contribution in [3.63, 3.8) is 0 Å². The van der Waals surface area contributed by atoms with E-state index in [9.17, 15) is 4.79 Å². The lowest BCUT2D eigenvalue weighted by atomic mass is 9.95. The number of ether oxygens (including phenoxy) is 1. The Hall–Kier alpha value is -0.650. The van der Waals surface area contributed by atoms with Crippen molar-refractivity contribution < 1.29 is 9.53 Å². The minimum atomic E-state index is -0.596. The van der Waals surface area contributed by atoms with Crippen molar-refractivity contribution in [3.05, 3.63) is 0 Å². The molecule has 3 unspecified atom stereocenters. The number of fused-ring (bicyclic) bond motifs is 1. The van der Waals surface area contributed by atoms with Crippen molar-refractivity contribution in [2.45, 2.75) is 57.2 Å². The number of carbonyl (C=O) groups is 1. The zero-order valence-corrected chi connectivity index (χ0v) is 12.2. The van der Waals surface area contributed by atoms with Crippen molar-refractivity contribution in [2.24, 2.45) is 5.73 Å². The van der Waals surface area contributed by atoms with Gasteiger partial charge in [-0.1, -0.05) is 6.92 Å². The predicted octanol–water partition coefficient (Wildman–Crippen LogP) is 0.483. The highest BCUT2D eigenvalue weighted by Gasteiger charge is 2.37. The molecule has 1 aliphatic heterocycles. The van der Waals surface area contributed by atoms with Crippen molar-refractivity contribution in [1.82, 2.24) is 10.2 Å². The molecule has 1 amide bonds. The molecule has 0 aromatic rings. The van der Waals surface area contributed by atoms with Gasteiger partial charge in [0.25, 0.3) is 0 Å². The fourth-order valence-electron chi connectivity index (χ4n) is 3.34. The fourth-order valence-corrected chi connectivity index (χ4v) is 3.34. The molecule has 2 rings (SSSR count). The lowest BCUT2D eigenvalue weighted by Gasteiger charge is -2.39. The van der Waals surface area contributed by atoms with Crippen LogP contribution in [-0.4, -0.2) is 54.7 Å². The van der Waals surface area contributed by atoms with Crippen LogP contribution in [0.5, 0.6) is 0 Å². The third-order valence-electron chi connectivity index (χ3n) is 4.61. The van der Waals surface area contributed by atoms with Gasteiger partial charge in [-0.05, 0) is 39.2 Å². The van der Waals surface area contributed by atoms with Crippen molar-refractivity contribution in [1.29, 1.82) is 0 Å². The van der Waals surface area contributed by atoms with Crippen LogP contribution in [0.25, 0.3) is 0 Å². The second-order valence-corrected chi connectivity index (χ2v) is 5.92. The van der Waals surface area contributed by atoms with E-state index >= 15 is 0 Å². The topological polar surface area (TPSA) is 67.6 Å². The zero-order valence-electron chi connectivity index (χ0n) is 12.2. The third-order valence-corrected chi connectivity index (χ3v) is 4.61. The maximum atomic E-state index is 11.6. The maximum Gasteiger partial charge on any atom is 0.237 e. The third kappa shape index (κ3) is 3.27. The van der Waals surface area contributed by atoms with Crippen molar-refractivity contribution >= 4 is 5.91 Å². The van der Waals surface area contributed by atoms with E-state index in [1.165, 1.54) is 19.3 Å². The Morgan fingerprint density at radius 2 is 2.32 bits per heavy atom. The molecule has 5 heteroatoms. The van der Waals surface area contributed by atoms with Crippen LogP contribution in [0.15, 0.2) is 0 Å². The van der Waals surface area contributed by atoms with E-state index in [1.54, 1.807) is 0 Å². The first-order valence-corrected chi connectivity index (χ1v) is 7.47. The predicted molar refractivity (Wildman–Crippen MR) is 74.8 cm³/mol. The molecule has 3 atom stereocenters. The van der Waals surface area contributed by atoms with Crippen LogP contribution in [0, 0.1) is 0 Å². The molecule has 110 valence electrons. The fraction of sp³-hybridized carbons (Fsp3) is 0.929. The van der Waals surface area contributed by atoms with E-state index in [4.69, 9.17) is 10.5 Å². The second kappa shape index (κ2) is 6.20. The number of hydrogen-bond acceptors (Lipinski definition) is 4. The lowest BCUT2D eigenvalue weighted by molar-refractivity contribution is -0.124. The Bertz CT molecular complexity index is 324. The van der Waals surface area contributed by atoms with Gasteiger partial charge in [0.05, 0.1) is 18.2 Å². The number of nitrogens with one attached hydrogen (secondary N) is 1. The van der Waals surface area contributed by atoms with Crippen LogP contribution in [0.3, 0.4) is 0 Å². The quantitative estimate of drug-likeness (QED) is 0.736. The van der Waals surface area contributed by atoms with Gasteiger partial charge in [0.15, 0.2) is 0 Å². The molecule has 0 bridgehead atoms. The van der Waals surface area contributed by atoms with Gasteiger partial charge in [-0.3, -0.25) is 9.69 Å². The number of primary amides is 1. The Labute approximate surface area is 115 Å². The highest BCUT2D eigenvalue weighted by atomic mass is 16.5. The summed E-state index contributed by atoms with van der Waals surface area (Å²) < 4.78 is 5.81. The maximum absolute atomic E-state index is 11.6. The van der Waals surface area contributed by atoms with E-state index in [0.29, 0.717) is 12.1 Å². The van der Waals surface area contributed by atoms with E-state index < -0.39 is 5.54 Å². The van der Waals surface area contributed by atoms with E-state index in [-0.39, 0.29) is 5.91 Å². The largest absolute Gasteiger partial charge is 0.375 e. The van der Waals surface area contributed by atoms with Crippen molar-refractivity contribution in [2.75, 3.05) is 26.2 Å². The zero-order chi connectivity index (χ0) is 13.9. The number of morpholine rings is 1. The second-order valence-electron chi connectivity index (χ2n) is 5.92. The Balaban J connectivity index is 1.91. The molecule has 1 aliphatic carbocycles. The average molecular weight is 269 g/mol. The van der Waals surface area contributed by atoms with Crippen LogP contribution in [-0.2, 0) is 9.53 Å². The van der Waals surface area contributed by atoms with Gasteiger partial charge < -0.3 is 15.8 Å². The molecule has 2 aliphatic rings. The number of nitrogens with zero attached hydrogens (tertiary/aromatic N) is 1. The summed E-state index contributed by atoms with van der Waals surface area (Å²) >= 11 is 0. The van der Waals surface area contributed by atoms with Crippen molar-refractivity contribution in [3.8, 4) is 0 Å². The monoisotopic (exact) mass is 269 g/mol. The molecular weight excluding hydrogens is 242 g/mol. The minimum Gasteiger partial charge on any atom is -0.375 e. The first-order valence-electron chi connectivity index (χ1n) is 7.47. The van der Waals surface area contributed by atoms with Gasteiger partial charge >= 0.3 is 0 Å². The summed E-state index contributed by atoms with van der Waals surface area (Å²) in [4.78, 5) is 14.1. The molecule has 3 N–H and O–H groups in total. The van der Waals surface area contributed by atoms with Gasteiger partial charge in [0.1, 0.15) is 0 Å². The van der Waals surface area contributed by atoms with Crippen LogP contribution in [0.2, 0.25) is 0 Å². The van der Waals surface area contributed by atoms with Gasteiger partial charge in [0, 0.05) is 19.1 Å². The summed E-state index contributed by atoms with van der Waals surface area (Å²) in [6, 6.07) is 0.549. The SMILES string of the molecule is CCNC(C)(CCN1CCOC2CCCC21)C(N)=O. The summed E-state index contributed by atoms with van der Waals surface area (Å²) in [6.07, 6.45) is 4.83. The van der Waals surface area contributed by atoms with Gasteiger partial charge in [-0.2, -0.15) is 0 Å². The molecule has 1 heterocycles. The van der Waals surface area contributed by atoms with Gasteiger partial charge in [-0.25, -0.2) is 0 Å². The highest BCUT2D eigenvalue weighted by Crippen LogP contribution is 2.30. The molecular formula is C14H27N3O2. The van der Waals surface area contributed by atoms with Gasteiger partial charge in [-0.15, -0.1) is 0 Å². The number of rotatable bonds is 6. The number of likely N-dealkylation sites (N-methyl/N-ethyl adjacent to an activating group) is 1. The molecule has 5 nitrogen and oxygen atoms in total. The molecule has 2 fully saturated rings. The molecule has 0 spiro atoms. The Kier molecular flexibility index (Phi) is 4.81. The molecule has 1 saturated carbocycles. The van der Waals surface area contributed by atoms with E-state index in [0.717, 1.165) is 32.7 Å².